The molecule has 0 saturated carbocycles. The van der Waals surface area contributed by atoms with Crippen molar-refractivity contribution in [2.24, 2.45) is 14.1 Å². The van der Waals surface area contributed by atoms with E-state index >= 15 is 0 Å². The van der Waals surface area contributed by atoms with E-state index in [1.54, 1.807) is 82.1 Å². The van der Waals surface area contributed by atoms with E-state index in [4.69, 9.17) is 0 Å². The summed E-state index contributed by atoms with van der Waals surface area (Å²) in [7, 11) is 3.64. The molecule has 2 aliphatic rings. The van der Waals surface area contributed by atoms with Crippen molar-refractivity contribution in [2.45, 2.75) is 65.0 Å². The highest BCUT2D eigenvalue weighted by Crippen LogP contribution is 2.28. The van der Waals surface area contributed by atoms with Gasteiger partial charge in [-0.25, -0.2) is 19.9 Å². The fourth-order valence-electron chi connectivity index (χ4n) is 9.19. The molecule has 76 heavy (non-hydrogen) atoms. The van der Waals surface area contributed by atoms with E-state index in [1.165, 1.54) is 0 Å². The van der Waals surface area contributed by atoms with Gasteiger partial charge in [0.15, 0.2) is 0 Å². The second-order valence-corrected chi connectivity index (χ2v) is 18.7. The molecule has 10 rings (SSSR count). The van der Waals surface area contributed by atoms with Crippen LogP contribution in [-0.2, 0) is 36.8 Å². The maximum absolute atomic E-state index is 13.4. The van der Waals surface area contributed by atoms with Crippen LogP contribution in [0.2, 0.25) is 0 Å². The van der Waals surface area contributed by atoms with E-state index in [2.05, 4.69) is 51.4 Å². The maximum atomic E-state index is 13.4. The first-order valence-electron chi connectivity index (χ1n) is 24.8. The lowest BCUT2D eigenvalue weighted by Gasteiger charge is -2.33. The van der Waals surface area contributed by atoms with Gasteiger partial charge in [0.1, 0.15) is 35.1 Å². The number of rotatable bonds is 16. The Kier molecular flexibility index (Phi) is 15.4. The summed E-state index contributed by atoms with van der Waals surface area (Å²) in [5, 5.41) is 40.1. The van der Waals surface area contributed by atoms with E-state index in [1.807, 2.05) is 110 Å². The van der Waals surface area contributed by atoms with Gasteiger partial charge in [0.25, 0.3) is 11.8 Å². The number of carbonyl (C=O) groups is 4. The fourth-order valence-corrected chi connectivity index (χ4v) is 9.19. The zero-order chi connectivity index (χ0) is 53.6. The number of aliphatic hydroxyl groups excluding tert-OH is 2. The van der Waals surface area contributed by atoms with Crippen LogP contribution in [0.15, 0.2) is 122 Å². The van der Waals surface area contributed by atoms with E-state index in [9.17, 15) is 29.4 Å². The molecular weight excluding hydrogens is 969 g/mol. The summed E-state index contributed by atoms with van der Waals surface area (Å²) in [5.74, 6) is 1.24. The fraction of sp³-hybridized carbons (Fsp3) is 0.296. The number of carbonyl (C=O) groups excluding carboxylic acids is 4. The Morgan fingerprint density at radius 1 is 0.579 bits per heavy atom. The quantitative estimate of drug-likeness (QED) is 0.0757. The summed E-state index contributed by atoms with van der Waals surface area (Å²) in [6.45, 7) is 8.72. The molecule has 0 bridgehead atoms. The number of aromatic nitrogens is 10. The van der Waals surface area contributed by atoms with Crippen molar-refractivity contribution in [2.75, 3.05) is 36.9 Å². The third-order valence-corrected chi connectivity index (χ3v) is 13.5. The number of benzene rings is 2. The van der Waals surface area contributed by atoms with Gasteiger partial charge in [0, 0.05) is 88.3 Å². The van der Waals surface area contributed by atoms with Crippen molar-refractivity contribution in [3.63, 3.8) is 0 Å². The molecule has 22 nitrogen and oxygen atoms in total. The van der Waals surface area contributed by atoms with Crippen molar-refractivity contribution in [3.05, 3.63) is 156 Å². The number of hydrogen-bond donors (Lipinski definition) is 6. The summed E-state index contributed by atoms with van der Waals surface area (Å²) in [5.41, 5.74) is 7.58. The van der Waals surface area contributed by atoms with Gasteiger partial charge in [-0.2, -0.15) is 10.2 Å². The first-order chi connectivity index (χ1) is 36.7. The average molecular weight is 1030 g/mol. The summed E-state index contributed by atoms with van der Waals surface area (Å²) in [6, 6.07) is 23.6. The molecule has 8 heterocycles. The van der Waals surface area contributed by atoms with Crippen LogP contribution < -0.4 is 21.3 Å². The highest BCUT2D eigenvalue weighted by Gasteiger charge is 2.35. The Hall–Kier alpha value is -9.02. The van der Waals surface area contributed by atoms with Crippen molar-refractivity contribution >= 4 is 47.2 Å². The zero-order valence-electron chi connectivity index (χ0n) is 43.0. The lowest BCUT2D eigenvalue weighted by molar-refractivity contribution is -0.127. The highest BCUT2D eigenvalue weighted by molar-refractivity contribution is 5.99. The number of hydrogen-bond acceptors (Lipinski definition) is 14. The van der Waals surface area contributed by atoms with Crippen LogP contribution in [0.25, 0.3) is 22.5 Å². The molecule has 6 aromatic heterocycles. The highest BCUT2D eigenvalue weighted by atomic mass is 16.3. The van der Waals surface area contributed by atoms with Crippen LogP contribution in [0.5, 0.6) is 0 Å². The Morgan fingerprint density at radius 3 is 1.37 bits per heavy atom. The summed E-state index contributed by atoms with van der Waals surface area (Å²) >= 11 is 0. The molecule has 2 aliphatic heterocycles. The Morgan fingerprint density at radius 2 is 1.00 bits per heavy atom. The molecule has 6 N–H and O–H groups in total. The number of aliphatic hydroxyl groups is 2. The summed E-state index contributed by atoms with van der Waals surface area (Å²) in [6.07, 6.45) is 10.5. The number of fused-ring (bicyclic) bond motifs is 2. The van der Waals surface area contributed by atoms with Gasteiger partial charge in [0.05, 0.1) is 49.1 Å². The molecule has 0 aliphatic carbocycles. The number of nitrogens with one attached hydrogen (secondary N) is 4. The predicted octanol–water partition coefficient (Wildman–Crippen LogP) is 4.85. The molecule has 0 spiro atoms. The standard InChI is InChI=1S/2C27H30N8O3/c2*1-17-5-4-6-19(13-17)22(16-36)30-25(37)18(2)35-12-11-34-15-20(14-23(34)26(35)38)21-7-9-28-27(31-21)32-24-8-10-29-33(24)3/h2*4-10,13-15,18,22,36H,11-12,16H2,1-3H3,(H,30,37)(H,28,31,32)/t18-,22+;18-,22-/m01/s1. The molecule has 4 amide bonds. The van der Waals surface area contributed by atoms with Crippen LogP contribution in [0.4, 0.5) is 23.5 Å². The number of nitrogens with zero attached hydrogens (tertiary/aromatic N) is 12. The van der Waals surface area contributed by atoms with Crippen LogP contribution in [0.3, 0.4) is 0 Å². The minimum atomic E-state index is -0.706. The molecule has 392 valence electrons. The zero-order valence-corrected chi connectivity index (χ0v) is 43.0. The number of aryl methyl sites for hydroxylation is 4. The Balaban J connectivity index is 0.000000186. The second-order valence-electron chi connectivity index (χ2n) is 18.7. The monoisotopic (exact) mass is 1030 g/mol. The maximum Gasteiger partial charge on any atom is 0.271 e. The third-order valence-electron chi connectivity index (χ3n) is 13.5. The molecule has 0 fully saturated rings. The van der Waals surface area contributed by atoms with Gasteiger partial charge in [-0.1, -0.05) is 59.7 Å². The largest absolute Gasteiger partial charge is 0.394 e. The minimum absolute atomic E-state index is 0.233. The predicted molar refractivity (Wildman–Crippen MR) is 283 cm³/mol. The van der Waals surface area contributed by atoms with E-state index in [-0.39, 0.29) is 36.8 Å². The minimum Gasteiger partial charge on any atom is -0.394 e. The second kappa shape index (κ2) is 22.6. The first kappa shape index (κ1) is 51.9. The van der Waals surface area contributed by atoms with Gasteiger partial charge in [-0.3, -0.25) is 28.5 Å². The van der Waals surface area contributed by atoms with Gasteiger partial charge in [-0.05, 0) is 63.1 Å². The Bertz CT molecular complexity index is 3170. The van der Waals surface area contributed by atoms with Crippen molar-refractivity contribution < 1.29 is 29.4 Å². The van der Waals surface area contributed by atoms with Gasteiger partial charge < -0.3 is 50.4 Å². The smallest absolute Gasteiger partial charge is 0.271 e. The average Bonchev–Trinajstić information content (AvgIpc) is 4.26. The molecule has 0 unspecified atom stereocenters. The summed E-state index contributed by atoms with van der Waals surface area (Å²) < 4.78 is 7.14. The van der Waals surface area contributed by atoms with Crippen LogP contribution in [-0.4, -0.2) is 131 Å². The van der Waals surface area contributed by atoms with Crippen LogP contribution in [0, 0.1) is 13.8 Å². The summed E-state index contributed by atoms with van der Waals surface area (Å²) in [4.78, 5) is 73.9. The molecule has 0 radical (unpaired) electrons. The van der Waals surface area contributed by atoms with Gasteiger partial charge in [0.2, 0.25) is 23.7 Å². The van der Waals surface area contributed by atoms with E-state index in [0.29, 0.717) is 60.9 Å². The molecular formula is C54H60N16O6. The SMILES string of the molecule is Cc1cccc([C@@H](CO)NC(=O)[C@@H](C)N2CCn3cc(-c4ccnc(Nc5ccnn5C)n4)cc3C2=O)c1.Cc1cccc([C@@H](CO)NC(=O)[C@H](C)N2CCn3cc(-c4ccnc(Nc5ccnn5C)n4)cc3C2=O)c1. The van der Waals surface area contributed by atoms with Crippen LogP contribution in [0.1, 0.15) is 69.2 Å². The van der Waals surface area contributed by atoms with Crippen molar-refractivity contribution in [1.29, 1.82) is 0 Å². The number of anilines is 4. The van der Waals surface area contributed by atoms with Gasteiger partial charge >= 0.3 is 0 Å². The topological polar surface area (TPSA) is 260 Å². The third kappa shape index (κ3) is 11.4. The van der Waals surface area contributed by atoms with Crippen molar-refractivity contribution in [3.8, 4) is 22.5 Å². The van der Waals surface area contributed by atoms with E-state index < -0.39 is 24.2 Å². The van der Waals surface area contributed by atoms with Crippen molar-refractivity contribution in [1.82, 2.24) is 69.1 Å². The molecule has 4 atom stereocenters. The lowest BCUT2D eigenvalue weighted by Crippen LogP contribution is -2.52. The van der Waals surface area contributed by atoms with Gasteiger partial charge in [-0.15, -0.1) is 0 Å². The normalized spacial score (nSPS) is 14.6. The molecule has 8 aromatic rings. The lowest BCUT2D eigenvalue weighted by atomic mass is 10.0. The molecule has 2 aromatic carbocycles. The molecule has 0 saturated heterocycles. The van der Waals surface area contributed by atoms with Crippen LogP contribution >= 0.6 is 0 Å². The number of amides is 4. The Labute approximate surface area is 438 Å². The van der Waals surface area contributed by atoms with E-state index in [0.717, 1.165) is 45.0 Å². The first-order valence-corrected chi connectivity index (χ1v) is 24.8. The molecule has 22 heteroatoms.